The molecule has 2 nitrogen and oxygen atoms in total. The highest BCUT2D eigenvalue weighted by molar-refractivity contribution is 7.09. The molecule has 0 spiro atoms. The molecular weight excluding hydrogens is 192 g/mol. The SMILES string of the molecule is C#CC(CC)NC(C)c1csc(C)n1. The van der Waals surface area contributed by atoms with Crippen molar-refractivity contribution in [2.24, 2.45) is 0 Å². The molecule has 1 N–H and O–H groups in total. The Morgan fingerprint density at radius 1 is 1.71 bits per heavy atom. The van der Waals surface area contributed by atoms with Crippen LogP contribution < -0.4 is 5.32 Å². The molecule has 0 aliphatic rings. The summed E-state index contributed by atoms with van der Waals surface area (Å²) in [4.78, 5) is 4.42. The topological polar surface area (TPSA) is 24.9 Å². The van der Waals surface area contributed by atoms with Crippen molar-refractivity contribution < 1.29 is 0 Å². The van der Waals surface area contributed by atoms with Crippen LogP contribution in [0.5, 0.6) is 0 Å². The minimum Gasteiger partial charge on any atom is -0.295 e. The third kappa shape index (κ3) is 2.83. The Kier molecular flexibility index (Phi) is 4.12. The minimum atomic E-state index is 0.145. The van der Waals surface area contributed by atoms with Crippen LogP contribution in [-0.2, 0) is 0 Å². The quantitative estimate of drug-likeness (QED) is 0.769. The van der Waals surface area contributed by atoms with Crippen molar-refractivity contribution in [1.82, 2.24) is 10.3 Å². The number of aromatic nitrogens is 1. The van der Waals surface area contributed by atoms with Gasteiger partial charge in [-0.15, -0.1) is 17.8 Å². The zero-order chi connectivity index (χ0) is 10.6. The average Bonchev–Trinajstić information content (AvgIpc) is 2.61. The molecule has 1 aromatic heterocycles. The second kappa shape index (κ2) is 5.14. The average molecular weight is 208 g/mol. The van der Waals surface area contributed by atoms with Gasteiger partial charge in [0.15, 0.2) is 0 Å². The largest absolute Gasteiger partial charge is 0.295 e. The normalized spacial score (nSPS) is 14.7. The molecule has 76 valence electrons. The summed E-state index contributed by atoms with van der Waals surface area (Å²) in [7, 11) is 0. The Morgan fingerprint density at radius 2 is 2.43 bits per heavy atom. The van der Waals surface area contributed by atoms with Crippen LogP contribution in [0.4, 0.5) is 0 Å². The lowest BCUT2D eigenvalue weighted by atomic mass is 10.2. The molecule has 3 heteroatoms. The number of nitrogens with zero attached hydrogens (tertiary/aromatic N) is 1. The molecule has 0 fully saturated rings. The van der Waals surface area contributed by atoms with Gasteiger partial charge in [0.05, 0.1) is 16.7 Å². The molecule has 14 heavy (non-hydrogen) atoms. The molecule has 0 saturated carbocycles. The Labute approximate surface area is 89.8 Å². The van der Waals surface area contributed by atoms with Gasteiger partial charge in [-0.05, 0) is 20.3 Å². The first-order valence-corrected chi connectivity index (χ1v) is 5.69. The van der Waals surface area contributed by atoms with Crippen LogP contribution in [-0.4, -0.2) is 11.0 Å². The van der Waals surface area contributed by atoms with E-state index in [0.717, 1.165) is 17.1 Å². The second-order valence-electron chi connectivity index (χ2n) is 3.31. The van der Waals surface area contributed by atoms with Gasteiger partial charge in [-0.1, -0.05) is 12.8 Å². The molecule has 0 bridgehead atoms. The zero-order valence-corrected chi connectivity index (χ0v) is 9.69. The van der Waals surface area contributed by atoms with Gasteiger partial charge >= 0.3 is 0 Å². The van der Waals surface area contributed by atoms with E-state index in [2.05, 4.69) is 35.4 Å². The van der Waals surface area contributed by atoms with Gasteiger partial charge in [-0.2, -0.15) is 0 Å². The minimum absolute atomic E-state index is 0.145. The van der Waals surface area contributed by atoms with E-state index in [1.807, 2.05) is 6.92 Å². The van der Waals surface area contributed by atoms with Gasteiger partial charge in [0.25, 0.3) is 0 Å². The van der Waals surface area contributed by atoms with Gasteiger partial charge in [-0.25, -0.2) is 4.98 Å². The highest BCUT2D eigenvalue weighted by Gasteiger charge is 2.11. The van der Waals surface area contributed by atoms with Crippen molar-refractivity contribution >= 4 is 11.3 Å². The van der Waals surface area contributed by atoms with Gasteiger partial charge in [0.2, 0.25) is 0 Å². The van der Waals surface area contributed by atoms with E-state index in [4.69, 9.17) is 6.42 Å². The third-order valence-corrected chi connectivity index (χ3v) is 2.93. The van der Waals surface area contributed by atoms with Crippen molar-refractivity contribution in [2.45, 2.75) is 39.3 Å². The first-order valence-electron chi connectivity index (χ1n) is 4.81. The summed E-state index contributed by atoms with van der Waals surface area (Å²) in [6.45, 7) is 6.18. The Hall–Kier alpha value is -0.850. The number of aryl methyl sites for hydroxylation is 1. The molecule has 1 aromatic rings. The maximum absolute atomic E-state index is 5.38. The van der Waals surface area contributed by atoms with Crippen molar-refractivity contribution in [3.05, 3.63) is 16.1 Å². The number of nitrogens with one attached hydrogen (secondary N) is 1. The maximum atomic E-state index is 5.38. The van der Waals surface area contributed by atoms with Crippen molar-refractivity contribution in [1.29, 1.82) is 0 Å². The fraction of sp³-hybridized carbons (Fsp3) is 0.545. The molecule has 0 aliphatic heterocycles. The Bertz CT molecular complexity index is 324. The predicted molar refractivity (Wildman–Crippen MR) is 61.3 cm³/mol. The number of terminal acetylenes is 1. The van der Waals surface area contributed by atoms with E-state index in [1.54, 1.807) is 11.3 Å². The van der Waals surface area contributed by atoms with Crippen molar-refractivity contribution in [3.63, 3.8) is 0 Å². The van der Waals surface area contributed by atoms with Crippen LogP contribution in [0.3, 0.4) is 0 Å². The molecule has 0 aliphatic carbocycles. The standard InChI is InChI=1S/C11H16N2S/c1-5-10(6-2)12-8(3)11-7-14-9(4)13-11/h1,7-8,10,12H,6H2,2-4H3. The highest BCUT2D eigenvalue weighted by Crippen LogP contribution is 2.16. The summed E-state index contributed by atoms with van der Waals surface area (Å²) in [5.74, 6) is 2.72. The molecule has 2 unspecified atom stereocenters. The van der Waals surface area contributed by atoms with Crippen LogP contribution in [0.15, 0.2) is 5.38 Å². The van der Waals surface area contributed by atoms with E-state index in [1.165, 1.54) is 0 Å². The number of rotatable bonds is 4. The monoisotopic (exact) mass is 208 g/mol. The molecule has 2 atom stereocenters. The van der Waals surface area contributed by atoms with E-state index in [9.17, 15) is 0 Å². The first-order chi connectivity index (χ1) is 6.67. The van der Waals surface area contributed by atoms with Gasteiger partial charge in [-0.3, -0.25) is 5.32 Å². The molecule has 0 radical (unpaired) electrons. The number of thiazole rings is 1. The van der Waals surface area contributed by atoms with Gasteiger partial charge in [0.1, 0.15) is 0 Å². The van der Waals surface area contributed by atoms with E-state index in [-0.39, 0.29) is 12.1 Å². The zero-order valence-electron chi connectivity index (χ0n) is 8.87. The molecular formula is C11H16N2S. The van der Waals surface area contributed by atoms with Gasteiger partial charge < -0.3 is 0 Å². The Balaban J connectivity index is 2.58. The summed E-state index contributed by atoms with van der Waals surface area (Å²) < 4.78 is 0. The van der Waals surface area contributed by atoms with E-state index in [0.29, 0.717) is 0 Å². The summed E-state index contributed by atoms with van der Waals surface area (Å²) in [6, 6.07) is 0.382. The Morgan fingerprint density at radius 3 is 2.86 bits per heavy atom. The second-order valence-corrected chi connectivity index (χ2v) is 4.37. The van der Waals surface area contributed by atoms with E-state index >= 15 is 0 Å². The smallest absolute Gasteiger partial charge is 0.0898 e. The van der Waals surface area contributed by atoms with Crippen LogP contribution in [0, 0.1) is 19.3 Å². The molecule has 0 aromatic carbocycles. The van der Waals surface area contributed by atoms with Crippen molar-refractivity contribution in [2.75, 3.05) is 0 Å². The molecule has 1 heterocycles. The summed E-state index contributed by atoms with van der Waals surface area (Å²) in [5.41, 5.74) is 1.08. The van der Waals surface area contributed by atoms with E-state index < -0.39 is 0 Å². The first kappa shape index (κ1) is 11.2. The number of hydrogen-bond acceptors (Lipinski definition) is 3. The lowest BCUT2D eigenvalue weighted by Crippen LogP contribution is -2.29. The summed E-state index contributed by atoms with van der Waals surface area (Å²) in [5, 5.41) is 6.53. The molecule has 0 saturated heterocycles. The van der Waals surface area contributed by atoms with Crippen LogP contribution in [0.2, 0.25) is 0 Å². The third-order valence-electron chi connectivity index (χ3n) is 2.14. The predicted octanol–water partition coefficient (Wildman–Crippen LogP) is 2.51. The molecule has 0 amide bonds. The van der Waals surface area contributed by atoms with Gasteiger partial charge in [0, 0.05) is 11.4 Å². The number of hydrogen-bond donors (Lipinski definition) is 1. The maximum Gasteiger partial charge on any atom is 0.0898 e. The fourth-order valence-corrected chi connectivity index (χ4v) is 1.96. The lowest BCUT2D eigenvalue weighted by Gasteiger charge is -2.16. The highest BCUT2D eigenvalue weighted by atomic mass is 32.1. The van der Waals surface area contributed by atoms with Crippen LogP contribution in [0.1, 0.15) is 37.0 Å². The van der Waals surface area contributed by atoms with Crippen molar-refractivity contribution in [3.8, 4) is 12.3 Å². The molecule has 1 rings (SSSR count). The fourth-order valence-electron chi connectivity index (χ4n) is 1.25. The van der Waals surface area contributed by atoms with Crippen LogP contribution in [0.25, 0.3) is 0 Å². The summed E-state index contributed by atoms with van der Waals surface area (Å²) >= 11 is 1.67. The summed E-state index contributed by atoms with van der Waals surface area (Å²) in [6.07, 6.45) is 6.33. The van der Waals surface area contributed by atoms with Crippen LogP contribution >= 0.6 is 11.3 Å². The lowest BCUT2D eigenvalue weighted by molar-refractivity contribution is 0.504.